The molecule has 1 atom stereocenters. The molecule has 1 fully saturated rings. The summed E-state index contributed by atoms with van der Waals surface area (Å²) in [5, 5.41) is 8.74. The van der Waals surface area contributed by atoms with Gasteiger partial charge in [0.15, 0.2) is 0 Å². The first kappa shape index (κ1) is 15.0. The average molecular weight is 274 g/mol. The van der Waals surface area contributed by atoms with Gasteiger partial charge in [0, 0.05) is 12.6 Å². The summed E-state index contributed by atoms with van der Waals surface area (Å²) >= 11 is 0. The van der Waals surface area contributed by atoms with Crippen molar-refractivity contribution >= 4 is 16.2 Å². The van der Waals surface area contributed by atoms with Crippen LogP contribution in [-0.4, -0.2) is 53.8 Å². The van der Waals surface area contributed by atoms with Gasteiger partial charge in [0.05, 0.1) is 6.54 Å². The van der Waals surface area contributed by atoms with Gasteiger partial charge in [0.25, 0.3) is 10.2 Å². The van der Waals surface area contributed by atoms with Gasteiger partial charge < -0.3 is 5.11 Å². The number of rotatable bonds is 5. The van der Waals surface area contributed by atoms with Crippen molar-refractivity contribution in [3.8, 4) is 12.3 Å². The Bertz CT molecular complexity index is 440. The quantitative estimate of drug-likeness (QED) is 0.723. The summed E-state index contributed by atoms with van der Waals surface area (Å²) in [6.07, 6.45) is 7.67. The molecule has 0 amide bonds. The highest BCUT2D eigenvalue weighted by atomic mass is 32.2. The molecule has 1 unspecified atom stereocenters. The third-order valence-corrected chi connectivity index (χ3v) is 4.99. The van der Waals surface area contributed by atoms with Crippen LogP contribution in [0.15, 0.2) is 0 Å². The minimum Gasteiger partial charge on any atom is -0.480 e. The second-order valence-electron chi connectivity index (χ2n) is 4.33. The van der Waals surface area contributed by atoms with E-state index in [2.05, 4.69) is 5.92 Å². The molecule has 0 aliphatic carbocycles. The maximum absolute atomic E-state index is 12.3. The number of piperidine rings is 1. The van der Waals surface area contributed by atoms with Gasteiger partial charge in [-0.25, -0.2) is 0 Å². The number of hydrogen-bond donors (Lipinski definition) is 1. The first-order valence-corrected chi connectivity index (χ1v) is 7.21. The predicted octanol–water partition coefficient (Wildman–Crippen LogP) is 0.125. The van der Waals surface area contributed by atoms with Crippen molar-refractivity contribution in [3.05, 3.63) is 0 Å². The molecule has 0 aromatic heterocycles. The largest absolute Gasteiger partial charge is 0.480 e. The highest BCUT2D eigenvalue weighted by molar-refractivity contribution is 7.86. The summed E-state index contributed by atoms with van der Waals surface area (Å²) in [5.41, 5.74) is 0. The number of carboxylic acid groups (broad SMARTS) is 1. The summed E-state index contributed by atoms with van der Waals surface area (Å²) in [5.74, 6) is 0.980. The van der Waals surface area contributed by atoms with Gasteiger partial charge in [-0.1, -0.05) is 12.3 Å². The number of carboxylic acids is 1. The van der Waals surface area contributed by atoms with E-state index in [1.807, 2.05) is 6.92 Å². The van der Waals surface area contributed by atoms with Crippen molar-refractivity contribution in [1.29, 1.82) is 0 Å². The third-order valence-electron chi connectivity index (χ3n) is 2.94. The first-order chi connectivity index (χ1) is 8.39. The SMILES string of the molecule is C#CCN(CC(=O)O)S(=O)(=O)N1CCCCC1C. The van der Waals surface area contributed by atoms with Crippen LogP contribution < -0.4 is 0 Å². The molecule has 0 radical (unpaired) electrons. The predicted molar refractivity (Wildman–Crippen MR) is 67.0 cm³/mol. The molecular formula is C11H18N2O4S. The van der Waals surface area contributed by atoms with Crippen molar-refractivity contribution in [2.45, 2.75) is 32.2 Å². The minimum atomic E-state index is -3.79. The molecule has 1 rings (SSSR count). The molecule has 1 N–H and O–H groups in total. The average Bonchev–Trinajstić information content (AvgIpc) is 2.28. The van der Waals surface area contributed by atoms with E-state index >= 15 is 0 Å². The van der Waals surface area contributed by atoms with Gasteiger partial charge in [0.1, 0.15) is 6.54 Å². The molecule has 0 spiro atoms. The standard InChI is InChI=1S/C11H18N2O4S/c1-3-7-12(9-11(14)15)18(16,17)13-8-5-4-6-10(13)2/h1,10H,4-9H2,2H3,(H,14,15). The van der Waals surface area contributed by atoms with Gasteiger partial charge in [-0.05, 0) is 19.8 Å². The fourth-order valence-electron chi connectivity index (χ4n) is 2.03. The molecule has 1 saturated heterocycles. The number of aliphatic carboxylic acids is 1. The second kappa shape index (κ2) is 6.18. The Kier molecular flexibility index (Phi) is 5.14. The zero-order valence-corrected chi connectivity index (χ0v) is 11.2. The van der Waals surface area contributed by atoms with Crippen LogP contribution in [0, 0.1) is 12.3 Å². The van der Waals surface area contributed by atoms with E-state index in [1.54, 1.807) is 0 Å². The van der Waals surface area contributed by atoms with Crippen LogP contribution in [0.4, 0.5) is 0 Å². The van der Waals surface area contributed by atoms with Crippen LogP contribution in [-0.2, 0) is 15.0 Å². The Morgan fingerprint density at radius 1 is 1.56 bits per heavy atom. The zero-order valence-electron chi connectivity index (χ0n) is 10.4. The lowest BCUT2D eigenvalue weighted by Gasteiger charge is -2.35. The van der Waals surface area contributed by atoms with E-state index in [4.69, 9.17) is 11.5 Å². The minimum absolute atomic E-state index is 0.113. The maximum Gasteiger partial charge on any atom is 0.318 e. The lowest BCUT2D eigenvalue weighted by atomic mass is 10.1. The monoisotopic (exact) mass is 274 g/mol. The van der Waals surface area contributed by atoms with Crippen LogP contribution in [0.2, 0.25) is 0 Å². The van der Waals surface area contributed by atoms with Crippen LogP contribution in [0.25, 0.3) is 0 Å². The van der Waals surface area contributed by atoms with Gasteiger partial charge in [-0.3, -0.25) is 4.79 Å². The Balaban J connectivity index is 2.93. The van der Waals surface area contributed by atoms with Crippen LogP contribution in [0.3, 0.4) is 0 Å². The highest BCUT2D eigenvalue weighted by Gasteiger charge is 2.35. The third kappa shape index (κ3) is 3.45. The van der Waals surface area contributed by atoms with E-state index in [9.17, 15) is 13.2 Å². The molecule has 1 aliphatic rings. The van der Waals surface area contributed by atoms with E-state index in [0.717, 1.165) is 23.6 Å². The van der Waals surface area contributed by atoms with E-state index < -0.39 is 22.7 Å². The molecule has 6 nitrogen and oxygen atoms in total. The van der Waals surface area contributed by atoms with Crippen molar-refractivity contribution < 1.29 is 18.3 Å². The van der Waals surface area contributed by atoms with E-state index in [0.29, 0.717) is 6.54 Å². The fraction of sp³-hybridized carbons (Fsp3) is 0.727. The summed E-state index contributed by atoms with van der Waals surface area (Å²) < 4.78 is 26.8. The number of terminal acetylenes is 1. The van der Waals surface area contributed by atoms with E-state index in [1.165, 1.54) is 4.31 Å². The number of nitrogens with zero attached hydrogens (tertiary/aromatic N) is 2. The normalized spacial score (nSPS) is 21.7. The molecule has 7 heteroatoms. The Morgan fingerprint density at radius 3 is 2.72 bits per heavy atom. The van der Waals surface area contributed by atoms with E-state index in [-0.39, 0.29) is 12.6 Å². The van der Waals surface area contributed by atoms with Crippen molar-refractivity contribution in [2.75, 3.05) is 19.6 Å². The van der Waals surface area contributed by atoms with Crippen molar-refractivity contribution in [1.82, 2.24) is 8.61 Å². The number of hydrogen-bond acceptors (Lipinski definition) is 3. The molecule has 1 aliphatic heterocycles. The van der Waals surface area contributed by atoms with Crippen molar-refractivity contribution in [2.24, 2.45) is 0 Å². The number of carbonyl (C=O) groups is 1. The summed E-state index contributed by atoms with van der Waals surface area (Å²) in [6, 6.07) is -0.113. The Hall–Kier alpha value is -1.10. The van der Waals surface area contributed by atoms with Gasteiger partial charge in [0.2, 0.25) is 0 Å². The molecular weight excluding hydrogens is 256 g/mol. The maximum atomic E-state index is 12.3. The van der Waals surface area contributed by atoms with Crippen LogP contribution in [0.5, 0.6) is 0 Å². The second-order valence-corrected chi connectivity index (χ2v) is 6.21. The Morgan fingerprint density at radius 2 is 2.22 bits per heavy atom. The van der Waals surface area contributed by atoms with Gasteiger partial charge in [-0.15, -0.1) is 6.42 Å². The Labute approximate surface area is 108 Å². The molecule has 1 heterocycles. The zero-order chi connectivity index (χ0) is 13.8. The molecule has 0 aromatic rings. The molecule has 0 bridgehead atoms. The lowest BCUT2D eigenvalue weighted by molar-refractivity contribution is -0.137. The van der Waals surface area contributed by atoms with Gasteiger partial charge in [-0.2, -0.15) is 17.0 Å². The molecule has 102 valence electrons. The molecule has 0 aromatic carbocycles. The highest BCUT2D eigenvalue weighted by Crippen LogP contribution is 2.21. The lowest BCUT2D eigenvalue weighted by Crippen LogP contribution is -2.51. The summed E-state index contributed by atoms with van der Waals surface area (Å²) in [6.45, 7) is 1.42. The van der Waals surface area contributed by atoms with Crippen molar-refractivity contribution in [3.63, 3.8) is 0 Å². The molecule has 0 saturated carbocycles. The molecule has 18 heavy (non-hydrogen) atoms. The topological polar surface area (TPSA) is 77.9 Å². The van der Waals surface area contributed by atoms with Gasteiger partial charge >= 0.3 is 5.97 Å². The van der Waals surface area contributed by atoms with Crippen LogP contribution >= 0.6 is 0 Å². The summed E-state index contributed by atoms with van der Waals surface area (Å²) in [7, 11) is -3.79. The smallest absolute Gasteiger partial charge is 0.318 e. The van der Waals surface area contributed by atoms with Crippen LogP contribution in [0.1, 0.15) is 26.2 Å². The first-order valence-electron chi connectivity index (χ1n) is 5.81. The fourth-order valence-corrected chi connectivity index (χ4v) is 3.76. The summed E-state index contributed by atoms with van der Waals surface area (Å²) in [4.78, 5) is 10.7.